The Morgan fingerprint density at radius 2 is 2.32 bits per heavy atom. The summed E-state index contributed by atoms with van der Waals surface area (Å²) in [4.78, 5) is 25.3. The van der Waals surface area contributed by atoms with Crippen LogP contribution in [0.4, 0.5) is 5.69 Å². The van der Waals surface area contributed by atoms with Crippen molar-refractivity contribution in [2.45, 2.75) is 0 Å². The van der Waals surface area contributed by atoms with Gasteiger partial charge in [-0.1, -0.05) is 11.6 Å². The number of carbonyl (C=O) groups is 1. The number of hydrogen-bond donors (Lipinski definition) is 0. The number of aromatic nitrogens is 3. The second-order valence-electron chi connectivity index (χ2n) is 3.38. The third kappa shape index (κ3) is 2.38. The van der Waals surface area contributed by atoms with Gasteiger partial charge in [-0.25, -0.2) is 14.5 Å². The van der Waals surface area contributed by atoms with Crippen molar-refractivity contribution in [3.8, 4) is 5.82 Å². The number of nitrogens with zero attached hydrogens (tertiary/aromatic N) is 4. The molecule has 98 valence electrons. The molecule has 8 nitrogen and oxygen atoms in total. The molecule has 0 saturated heterocycles. The van der Waals surface area contributed by atoms with Crippen molar-refractivity contribution in [1.29, 1.82) is 0 Å². The van der Waals surface area contributed by atoms with Gasteiger partial charge in [0.15, 0.2) is 11.5 Å². The van der Waals surface area contributed by atoms with E-state index in [1.54, 1.807) is 0 Å². The Bertz CT molecular complexity index is 655. The van der Waals surface area contributed by atoms with Crippen molar-refractivity contribution >= 4 is 23.3 Å². The second-order valence-corrected chi connectivity index (χ2v) is 3.78. The molecule has 0 aliphatic carbocycles. The number of nitro groups is 1. The average Bonchev–Trinajstić information content (AvgIpc) is 2.86. The van der Waals surface area contributed by atoms with Crippen molar-refractivity contribution in [2.75, 3.05) is 7.11 Å². The molecule has 0 unspecified atom stereocenters. The highest BCUT2D eigenvalue weighted by Gasteiger charge is 2.18. The Balaban J connectivity index is 2.51. The van der Waals surface area contributed by atoms with E-state index in [9.17, 15) is 14.9 Å². The van der Waals surface area contributed by atoms with Crippen LogP contribution in [-0.4, -0.2) is 32.8 Å². The lowest BCUT2D eigenvalue weighted by molar-refractivity contribution is -0.385. The summed E-state index contributed by atoms with van der Waals surface area (Å²) in [6.45, 7) is 0. The first-order valence-electron chi connectivity index (χ1n) is 4.97. The molecule has 2 aromatic rings. The van der Waals surface area contributed by atoms with Gasteiger partial charge in [0.2, 0.25) is 0 Å². The van der Waals surface area contributed by atoms with E-state index in [2.05, 4.69) is 14.8 Å². The monoisotopic (exact) mass is 282 g/mol. The molecule has 0 saturated carbocycles. The van der Waals surface area contributed by atoms with Gasteiger partial charge >= 0.3 is 5.97 Å². The van der Waals surface area contributed by atoms with E-state index in [0.717, 1.165) is 16.9 Å². The van der Waals surface area contributed by atoms with Gasteiger partial charge in [0.05, 0.1) is 23.3 Å². The number of hydrogen-bond acceptors (Lipinski definition) is 6. The van der Waals surface area contributed by atoms with Crippen LogP contribution in [0.3, 0.4) is 0 Å². The summed E-state index contributed by atoms with van der Waals surface area (Å²) in [5, 5.41) is 14.5. The quantitative estimate of drug-likeness (QED) is 0.482. The Kier molecular flexibility index (Phi) is 3.43. The molecule has 0 amide bonds. The normalized spacial score (nSPS) is 10.2. The van der Waals surface area contributed by atoms with E-state index in [1.165, 1.54) is 19.4 Å². The smallest absolute Gasteiger partial charge is 0.356 e. The number of carbonyl (C=O) groups excluding carboxylic acids is 1. The van der Waals surface area contributed by atoms with E-state index >= 15 is 0 Å². The molecule has 2 rings (SSSR count). The van der Waals surface area contributed by atoms with Gasteiger partial charge in [0.1, 0.15) is 6.20 Å². The minimum absolute atomic E-state index is 0.00283. The Labute approximate surface area is 111 Å². The van der Waals surface area contributed by atoms with E-state index in [1.807, 2.05) is 0 Å². The van der Waals surface area contributed by atoms with Gasteiger partial charge in [-0.15, -0.1) is 0 Å². The number of halogens is 1. The highest BCUT2D eigenvalue weighted by Crippen LogP contribution is 2.23. The molecular formula is C10H7ClN4O4. The Morgan fingerprint density at radius 3 is 2.89 bits per heavy atom. The molecule has 9 heteroatoms. The third-order valence-electron chi connectivity index (χ3n) is 2.26. The highest BCUT2D eigenvalue weighted by atomic mass is 35.5. The van der Waals surface area contributed by atoms with Crippen LogP contribution in [0.25, 0.3) is 5.82 Å². The molecule has 0 fully saturated rings. The summed E-state index contributed by atoms with van der Waals surface area (Å²) < 4.78 is 5.73. The standard InChI is InChI=1S/C10H7ClN4O4/c1-19-10(16)8-2-3-13-14(8)9-7(11)4-6(5-12-9)15(17)18/h2-5H,1H3. The lowest BCUT2D eigenvalue weighted by Crippen LogP contribution is -2.12. The third-order valence-corrected chi connectivity index (χ3v) is 2.53. The number of methoxy groups -OCH3 is 1. The largest absolute Gasteiger partial charge is 0.464 e. The average molecular weight is 283 g/mol. The molecule has 19 heavy (non-hydrogen) atoms. The van der Waals surface area contributed by atoms with Gasteiger partial charge < -0.3 is 4.74 Å². The predicted octanol–water partition coefficient (Wildman–Crippen LogP) is 1.62. The summed E-state index contributed by atoms with van der Waals surface area (Å²) in [5.74, 6) is -0.508. The summed E-state index contributed by atoms with van der Waals surface area (Å²) in [5.41, 5.74) is -0.133. The molecule has 2 aromatic heterocycles. The molecule has 0 aromatic carbocycles. The summed E-state index contributed by atoms with van der Waals surface area (Å²) in [6.07, 6.45) is 2.40. The van der Waals surface area contributed by atoms with Gasteiger partial charge in [0.25, 0.3) is 5.69 Å². The maximum atomic E-state index is 11.5. The summed E-state index contributed by atoms with van der Waals surface area (Å²) in [7, 11) is 1.23. The molecule has 0 atom stereocenters. The molecule has 0 N–H and O–H groups in total. The van der Waals surface area contributed by atoms with Crippen LogP contribution in [0.2, 0.25) is 5.02 Å². The lowest BCUT2D eigenvalue weighted by atomic mass is 10.4. The fourth-order valence-corrected chi connectivity index (χ4v) is 1.65. The minimum atomic E-state index is -0.618. The second kappa shape index (κ2) is 5.02. The number of ether oxygens (including phenoxy) is 1. The minimum Gasteiger partial charge on any atom is -0.464 e. The van der Waals surface area contributed by atoms with Crippen LogP contribution in [0.1, 0.15) is 10.5 Å². The fourth-order valence-electron chi connectivity index (χ4n) is 1.41. The van der Waals surface area contributed by atoms with E-state index in [0.29, 0.717) is 0 Å². The topological polar surface area (TPSA) is 100 Å². The van der Waals surface area contributed by atoms with Crippen LogP contribution in [-0.2, 0) is 4.74 Å². The molecular weight excluding hydrogens is 276 g/mol. The molecule has 0 radical (unpaired) electrons. The summed E-state index contributed by atoms with van der Waals surface area (Å²) in [6, 6.07) is 2.55. The Morgan fingerprint density at radius 1 is 1.58 bits per heavy atom. The fraction of sp³-hybridized carbons (Fsp3) is 0.100. The van der Waals surface area contributed by atoms with Crippen molar-refractivity contribution in [3.05, 3.63) is 45.4 Å². The molecule has 0 bridgehead atoms. The van der Waals surface area contributed by atoms with Crippen LogP contribution in [0.5, 0.6) is 0 Å². The summed E-state index contributed by atoms with van der Waals surface area (Å²) >= 11 is 5.90. The van der Waals surface area contributed by atoms with Crippen molar-refractivity contribution in [3.63, 3.8) is 0 Å². The zero-order valence-corrected chi connectivity index (χ0v) is 10.4. The van der Waals surface area contributed by atoms with Gasteiger partial charge in [-0.05, 0) is 6.07 Å². The zero-order chi connectivity index (χ0) is 14.0. The number of esters is 1. The highest BCUT2D eigenvalue weighted by molar-refractivity contribution is 6.32. The van der Waals surface area contributed by atoms with Gasteiger partial charge in [-0.2, -0.15) is 5.10 Å². The number of pyridine rings is 1. The molecule has 2 heterocycles. The van der Waals surface area contributed by atoms with Crippen molar-refractivity contribution < 1.29 is 14.5 Å². The molecule has 0 spiro atoms. The predicted molar refractivity (Wildman–Crippen MR) is 64.4 cm³/mol. The van der Waals surface area contributed by atoms with E-state index < -0.39 is 10.9 Å². The SMILES string of the molecule is COC(=O)c1ccnn1-c1ncc([N+](=O)[O-])cc1Cl. The Hall–Kier alpha value is -2.48. The van der Waals surface area contributed by atoms with Crippen LogP contribution < -0.4 is 0 Å². The van der Waals surface area contributed by atoms with Crippen LogP contribution in [0, 0.1) is 10.1 Å². The first kappa shape index (κ1) is 13.0. The lowest BCUT2D eigenvalue weighted by Gasteiger charge is -2.06. The van der Waals surface area contributed by atoms with Crippen LogP contribution in [0.15, 0.2) is 24.5 Å². The van der Waals surface area contributed by atoms with E-state index in [-0.39, 0.29) is 22.2 Å². The maximum Gasteiger partial charge on any atom is 0.356 e. The van der Waals surface area contributed by atoms with E-state index in [4.69, 9.17) is 11.6 Å². The first-order chi connectivity index (χ1) is 9.04. The van der Waals surface area contributed by atoms with Gasteiger partial charge in [-0.3, -0.25) is 10.1 Å². The zero-order valence-electron chi connectivity index (χ0n) is 9.61. The van der Waals surface area contributed by atoms with Gasteiger partial charge in [0, 0.05) is 6.07 Å². The van der Waals surface area contributed by atoms with Crippen LogP contribution >= 0.6 is 11.6 Å². The van der Waals surface area contributed by atoms with Crippen molar-refractivity contribution in [1.82, 2.24) is 14.8 Å². The van der Waals surface area contributed by atoms with Crippen molar-refractivity contribution in [2.24, 2.45) is 0 Å². The first-order valence-corrected chi connectivity index (χ1v) is 5.35. The maximum absolute atomic E-state index is 11.5. The molecule has 0 aliphatic heterocycles. The number of rotatable bonds is 3. The molecule has 0 aliphatic rings.